The van der Waals surface area contributed by atoms with Crippen LogP contribution in [0.1, 0.15) is 5.69 Å². The standard InChI is InChI=1S/C14H18N4S/c1-11-10-12(13-4-3-9-19-13)16-14(15-11)18-7-5-17(2)6-8-18/h3-4,9-10H,5-8H2,1-2H3. The van der Waals surface area contributed by atoms with Gasteiger partial charge in [-0.2, -0.15) is 0 Å². The molecule has 0 radical (unpaired) electrons. The third kappa shape index (κ3) is 2.77. The van der Waals surface area contributed by atoms with E-state index >= 15 is 0 Å². The Labute approximate surface area is 117 Å². The zero-order valence-electron chi connectivity index (χ0n) is 11.3. The van der Waals surface area contributed by atoms with Crippen molar-refractivity contribution < 1.29 is 0 Å². The average molecular weight is 274 g/mol. The SMILES string of the molecule is Cc1cc(-c2cccs2)nc(N2CCN(C)CC2)n1. The van der Waals surface area contributed by atoms with Crippen molar-refractivity contribution in [1.82, 2.24) is 14.9 Å². The molecular weight excluding hydrogens is 256 g/mol. The summed E-state index contributed by atoms with van der Waals surface area (Å²) in [6, 6.07) is 6.23. The zero-order valence-corrected chi connectivity index (χ0v) is 12.2. The molecule has 0 spiro atoms. The van der Waals surface area contributed by atoms with E-state index in [-0.39, 0.29) is 0 Å². The van der Waals surface area contributed by atoms with E-state index in [2.05, 4.69) is 45.4 Å². The molecule has 0 aromatic carbocycles. The van der Waals surface area contributed by atoms with Gasteiger partial charge in [0.1, 0.15) is 0 Å². The maximum Gasteiger partial charge on any atom is 0.226 e. The molecule has 19 heavy (non-hydrogen) atoms. The summed E-state index contributed by atoms with van der Waals surface area (Å²) in [6.07, 6.45) is 0. The lowest BCUT2D eigenvalue weighted by atomic mass is 10.3. The highest BCUT2D eigenvalue weighted by Crippen LogP contribution is 2.25. The molecule has 0 bridgehead atoms. The molecule has 1 saturated heterocycles. The van der Waals surface area contributed by atoms with Crippen molar-refractivity contribution in [2.24, 2.45) is 0 Å². The molecule has 5 heteroatoms. The summed E-state index contributed by atoms with van der Waals surface area (Å²) in [6.45, 7) is 6.20. The first kappa shape index (κ1) is 12.6. The topological polar surface area (TPSA) is 32.3 Å². The fraction of sp³-hybridized carbons (Fsp3) is 0.429. The maximum absolute atomic E-state index is 4.73. The number of nitrogens with zero attached hydrogens (tertiary/aromatic N) is 4. The molecule has 2 aromatic rings. The summed E-state index contributed by atoms with van der Waals surface area (Å²) in [4.78, 5) is 15.2. The minimum atomic E-state index is 0.872. The number of likely N-dealkylation sites (N-methyl/N-ethyl adjacent to an activating group) is 1. The van der Waals surface area contributed by atoms with Gasteiger partial charge in [0.05, 0.1) is 10.6 Å². The highest BCUT2D eigenvalue weighted by Gasteiger charge is 2.17. The third-order valence-corrected chi connectivity index (χ3v) is 4.29. The number of aromatic nitrogens is 2. The van der Waals surface area contributed by atoms with E-state index in [9.17, 15) is 0 Å². The van der Waals surface area contributed by atoms with Crippen LogP contribution in [0.5, 0.6) is 0 Å². The van der Waals surface area contributed by atoms with Gasteiger partial charge in [-0.3, -0.25) is 0 Å². The summed E-state index contributed by atoms with van der Waals surface area (Å²) in [5, 5.41) is 2.09. The van der Waals surface area contributed by atoms with Crippen molar-refractivity contribution in [1.29, 1.82) is 0 Å². The predicted octanol–water partition coefficient (Wildman–Crippen LogP) is 2.27. The van der Waals surface area contributed by atoms with Crippen molar-refractivity contribution in [3.8, 4) is 10.6 Å². The molecule has 4 nitrogen and oxygen atoms in total. The van der Waals surface area contributed by atoms with Crippen LogP contribution < -0.4 is 4.90 Å². The van der Waals surface area contributed by atoms with Gasteiger partial charge in [-0.05, 0) is 31.5 Å². The lowest BCUT2D eigenvalue weighted by Gasteiger charge is -2.32. The molecule has 3 rings (SSSR count). The van der Waals surface area contributed by atoms with Gasteiger partial charge >= 0.3 is 0 Å². The van der Waals surface area contributed by atoms with Crippen LogP contribution in [0.4, 0.5) is 5.95 Å². The smallest absolute Gasteiger partial charge is 0.226 e. The number of aryl methyl sites for hydroxylation is 1. The van der Waals surface area contributed by atoms with Crippen LogP contribution in [0.2, 0.25) is 0 Å². The van der Waals surface area contributed by atoms with E-state index in [0.29, 0.717) is 0 Å². The molecule has 1 fully saturated rings. The molecule has 1 aliphatic rings. The van der Waals surface area contributed by atoms with E-state index in [1.165, 1.54) is 4.88 Å². The van der Waals surface area contributed by atoms with Gasteiger partial charge in [-0.15, -0.1) is 11.3 Å². The minimum absolute atomic E-state index is 0.872. The molecule has 0 saturated carbocycles. The molecule has 3 heterocycles. The Balaban J connectivity index is 1.90. The highest BCUT2D eigenvalue weighted by molar-refractivity contribution is 7.13. The van der Waals surface area contributed by atoms with Gasteiger partial charge in [0.15, 0.2) is 0 Å². The molecule has 0 aliphatic carbocycles. The Hall–Kier alpha value is -1.46. The molecule has 1 aliphatic heterocycles. The quantitative estimate of drug-likeness (QED) is 0.841. The number of hydrogen-bond acceptors (Lipinski definition) is 5. The van der Waals surface area contributed by atoms with Crippen LogP contribution in [0.15, 0.2) is 23.6 Å². The largest absolute Gasteiger partial charge is 0.338 e. The number of rotatable bonds is 2. The molecule has 100 valence electrons. The van der Waals surface area contributed by atoms with E-state index in [1.54, 1.807) is 11.3 Å². The van der Waals surface area contributed by atoms with E-state index < -0.39 is 0 Å². The number of anilines is 1. The van der Waals surface area contributed by atoms with Gasteiger partial charge in [0, 0.05) is 31.9 Å². The Morgan fingerprint density at radius 3 is 2.63 bits per heavy atom. The van der Waals surface area contributed by atoms with Crippen molar-refractivity contribution in [2.45, 2.75) is 6.92 Å². The molecule has 0 unspecified atom stereocenters. The maximum atomic E-state index is 4.73. The minimum Gasteiger partial charge on any atom is -0.338 e. The van der Waals surface area contributed by atoms with Crippen molar-refractivity contribution in [3.05, 3.63) is 29.3 Å². The zero-order chi connectivity index (χ0) is 13.2. The molecular formula is C14H18N4S. The van der Waals surface area contributed by atoms with Crippen LogP contribution in [-0.4, -0.2) is 48.1 Å². The number of hydrogen-bond donors (Lipinski definition) is 0. The van der Waals surface area contributed by atoms with Crippen molar-refractivity contribution >= 4 is 17.3 Å². The Morgan fingerprint density at radius 1 is 1.16 bits per heavy atom. The van der Waals surface area contributed by atoms with Gasteiger partial charge in [0.2, 0.25) is 5.95 Å². The fourth-order valence-corrected chi connectivity index (χ4v) is 2.94. The van der Waals surface area contributed by atoms with Gasteiger partial charge in [0.25, 0.3) is 0 Å². The Bertz CT molecular complexity index is 545. The molecule has 0 amide bonds. The van der Waals surface area contributed by atoms with Crippen LogP contribution in [0, 0.1) is 6.92 Å². The van der Waals surface area contributed by atoms with Crippen LogP contribution in [0.3, 0.4) is 0 Å². The second-order valence-corrected chi connectivity index (χ2v) is 5.91. The molecule has 2 aromatic heterocycles. The van der Waals surface area contributed by atoms with Crippen LogP contribution in [0.25, 0.3) is 10.6 Å². The second kappa shape index (κ2) is 5.27. The lowest BCUT2D eigenvalue weighted by Crippen LogP contribution is -2.45. The average Bonchev–Trinajstić information content (AvgIpc) is 2.93. The Kier molecular flexibility index (Phi) is 3.48. The third-order valence-electron chi connectivity index (χ3n) is 3.40. The summed E-state index contributed by atoms with van der Waals surface area (Å²) in [7, 11) is 2.16. The number of piperazine rings is 1. The normalized spacial score (nSPS) is 16.8. The second-order valence-electron chi connectivity index (χ2n) is 4.96. The monoisotopic (exact) mass is 274 g/mol. The predicted molar refractivity (Wildman–Crippen MR) is 79.8 cm³/mol. The summed E-state index contributed by atoms with van der Waals surface area (Å²) in [5.41, 5.74) is 2.07. The first-order valence-corrected chi connectivity index (χ1v) is 7.43. The molecule has 0 N–H and O–H groups in total. The van der Waals surface area contributed by atoms with E-state index in [1.807, 2.05) is 6.92 Å². The van der Waals surface area contributed by atoms with Gasteiger partial charge in [-0.25, -0.2) is 9.97 Å². The first-order chi connectivity index (χ1) is 9.22. The van der Waals surface area contributed by atoms with E-state index in [4.69, 9.17) is 4.98 Å². The van der Waals surface area contributed by atoms with Crippen molar-refractivity contribution in [3.63, 3.8) is 0 Å². The van der Waals surface area contributed by atoms with Gasteiger partial charge < -0.3 is 9.80 Å². The highest BCUT2D eigenvalue weighted by atomic mass is 32.1. The molecule has 0 atom stereocenters. The number of thiophene rings is 1. The van der Waals surface area contributed by atoms with Gasteiger partial charge in [-0.1, -0.05) is 6.07 Å². The lowest BCUT2D eigenvalue weighted by molar-refractivity contribution is 0.311. The first-order valence-electron chi connectivity index (χ1n) is 6.55. The fourth-order valence-electron chi connectivity index (χ4n) is 2.25. The van der Waals surface area contributed by atoms with Crippen molar-refractivity contribution in [2.75, 3.05) is 38.1 Å². The van der Waals surface area contributed by atoms with Crippen LogP contribution in [-0.2, 0) is 0 Å². The summed E-state index contributed by atoms with van der Waals surface area (Å²) < 4.78 is 0. The van der Waals surface area contributed by atoms with E-state index in [0.717, 1.165) is 43.5 Å². The summed E-state index contributed by atoms with van der Waals surface area (Å²) >= 11 is 1.72. The Morgan fingerprint density at radius 2 is 1.95 bits per heavy atom. The summed E-state index contributed by atoms with van der Waals surface area (Å²) in [5.74, 6) is 0.872. The van der Waals surface area contributed by atoms with Crippen LogP contribution >= 0.6 is 11.3 Å².